The zero-order valence-corrected chi connectivity index (χ0v) is 14.1. The van der Waals surface area contributed by atoms with Gasteiger partial charge in [-0.25, -0.2) is 4.79 Å². The summed E-state index contributed by atoms with van der Waals surface area (Å²) in [5.74, 6) is -3.33. The van der Waals surface area contributed by atoms with Gasteiger partial charge in [0, 0.05) is 0 Å². The van der Waals surface area contributed by atoms with E-state index in [2.05, 4.69) is 4.74 Å². The molecule has 8 N–H and O–H groups in total. The highest BCUT2D eigenvalue weighted by Gasteiger charge is 2.58. The van der Waals surface area contributed by atoms with Crippen LogP contribution in [0.2, 0.25) is 0 Å². The molecule has 0 amide bonds. The Balaban J connectivity index is 2.14. The van der Waals surface area contributed by atoms with Crippen molar-refractivity contribution in [2.24, 2.45) is 0 Å². The minimum Gasteiger partial charge on any atom is -0.461 e. The molecule has 0 bridgehead atoms. The third kappa shape index (κ3) is 4.38. The maximum atomic E-state index is 11.0. The number of rotatable bonds is 7. The molecule has 13 heteroatoms. The number of aliphatic hydroxyl groups excluding tert-OH is 8. The molecule has 158 valence electrons. The van der Waals surface area contributed by atoms with E-state index in [0.29, 0.717) is 0 Å². The van der Waals surface area contributed by atoms with Gasteiger partial charge in [-0.05, 0) is 0 Å². The monoisotopic (exact) mass is 400 g/mol. The van der Waals surface area contributed by atoms with Crippen LogP contribution in [0.15, 0.2) is 0 Å². The average Bonchev–Trinajstić information content (AvgIpc) is 2.92. The van der Waals surface area contributed by atoms with E-state index in [1.165, 1.54) is 0 Å². The lowest BCUT2D eigenvalue weighted by molar-refractivity contribution is -0.383. The Bertz CT molecular complexity index is 503. The van der Waals surface area contributed by atoms with E-state index in [1.807, 2.05) is 0 Å². The number of hydrogen-bond acceptors (Lipinski definition) is 13. The van der Waals surface area contributed by atoms with Gasteiger partial charge < -0.3 is 59.8 Å². The summed E-state index contributed by atoms with van der Waals surface area (Å²) in [4.78, 5) is 11.0. The van der Waals surface area contributed by atoms with Crippen molar-refractivity contribution in [3.63, 3.8) is 0 Å². The first-order valence-electron chi connectivity index (χ1n) is 8.10. The van der Waals surface area contributed by atoms with Crippen LogP contribution in [0.3, 0.4) is 0 Å². The molecule has 0 saturated carbocycles. The zero-order chi connectivity index (χ0) is 20.4. The van der Waals surface area contributed by atoms with Crippen LogP contribution in [-0.2, 0) is 23.7 Å². The van der Waals surface area contributed by atoms with Crippen molar-refractivity contribution < 1.29 is 64.6 Å². The number of hydrogen-bond donors (Lipinski definition) is 8. The number of ether oxygens (including phenoxy) is 4. The third-order valence-electron chi connectivity index (χ3n) is 4.43. The van der Waals surface area contributed by atoms with E-state index in [-0.39, 0.29) is 0 Å². The van der Waals surface area contributed by atoms with Crippen LogP contribution >= 0.6 is 0 Å². The lowest BCUT2D eigenvalue weighted by Crippen LogP contribution is -2.62. The summed E-state index contributed by atoms with van der Waals surface area (Å²) in [7, 11) is 0. The molecule has 2 saturated heterocycles. The van der Waals surface area contributed by atoms with Gasteiger partial charge in [-0.1, -0.05) is 0 Å². The minimum absolute atomic E-state index is 0.609. The van der Waals surface area contributed by atoms with Crippen LogP contribution in [0.25, 0.3) is 0 Å². The quantitative estimate of drug-likeness (QED) is 0.187. The van der Waals surface area contributed by atoms with Gasteiger partial charge in [0.25, 0.3) is 0 Å². The molecule has 0 aliphatic carbocycles. The summed E-state index contributed by atoms with van der Waals surface area (Å²) < 4.78 is 20.3. The Kier molecular flexibility index (Phi) is 7.46. The maximum Gasteiger partial charge on any atom is 0.331 e. The van der Waals surface area contributed by atoms with Crippen molar-refractivity contribution >= 4 is 5.97 Å². The lowest BCUT2D eigenvalue weighted by atomic mass is 9.99. The predicted octanol–water partition coefficient (Wildman–Crippen LogP) is -5.85. The van der Waals surface area contributed by atoms with Crippen LogP contribution in [0.4, 0.5) is 0 Å². The van der Waals surface area contributed by atoms with Gasteiger partial charge in [0.1, 0.15) is 62.5 Å². The molecule has 2 aliphatic heterocycles. The highest BCUT2D eigenvalue weighted by atomic mass is 16.8. The Labute approximate surface area is 152 Å². The van der Waals surface area contributed by atoms with Gasteiger partial charge >= 0.3 is 5.97 Å². The molecule has 0 aromatic rings. The van der Waals surface area contributed by atoms with Crippen LogP contribution in [-0.4, -0.2) is 128 Å². The van der Waals surface area contributed by atoms with Gasteiger partial charge in [0.2, 0.25) is 5.79 Å². The highest BCUT2D eigenvalue weighted by molar-refractivity contribution is 5.70. The van der Waals surface area contributed by atoms with Gasteiger partial charge in [-0.2, -0.15) is 0 Å². The fourth-order valence-electron chi connectivity index (χ4n) is 2.84. The Morgan fingerprint density at radius 3 is 2.11 bits per heavy atom. The van der Waals surface area contributed by atoms with Gasteiger partial charge in [-0.15, -0.1) is 0 Å². The largest absolute Gasteiger partial charge is 0.461 e. The van der Waals surface area contributed by atoms with Crippen molar-refractivity contribution in [1.82, 2.24) is 0 Å². The molecule has 2 rings (SSSR count). The molecular formula is C14H24O13. The molecule has 0 radical (unpaired) electrons. The molecule has 13 nitrogen and oxygen atoms in total. The van der Waals surface area contributed by atoms with Crippen LogP contribution in [0.1, 0.15) is 0 Å². The second-order valence-corrected chi connectivity index (χ2v) is 6.22. The summed E-state index contributed by atoms with van der Waals surface area (Å²) in [6, 6.07) is 0. The fourth-order valence-corrected chi connectivity index (χ4v) is 2.84. The van der Waals surface area contributed by atoms with Crippen molar-refractivity contribution in [3.8, 4) is 0 Å². The number of carbonyl (C=O) groups is 1. The average molecular weight is 400 g/mol. The van der Waals surface area contributed by atoms with Crippen LogP contribution < -0.4 is 0 Å². The zero-order valence-electron chi connectivity index (χ0n) is 14.1. The SMILES string of the molecule is O=C(CO)OC[C@H]1O[C@H](O[C@]2(CO)O[C@H](CO)[C@@H](O)[C@@H]2O)[C@H](O)[C@@H](O)[C@@H]1O. The topological polar surface area (TPSA) is 216 Å². The molecule has 2 fully saturated rings. The lowest BCUT2D eigenvalue weighted by Gasteiger charge is -2.43. The Morgan fingerprint density at radius 2 is 1.59 bits per heavy atom. The van der Waals surface area contributed by atoms with E-state index < -0.39 is 87.2 Å². The standard InChI is InChI=1S/C14H24O13/c15-1-5-9(20)12(23)14(4-17,26-5)27-13-11(22)10(21)8(19)6(25-13)3-24-7(18)2-16/h5-6,8-13,15-17,19-23H,1-4H2/t5-,6-,8-,9-,10+,11-,12+,13-,14+/m1/s1. The molecular weight excluding hydrogens is 376 g/mol. The number of aliphatic hydroxyl groups is 8. The maximum absolute atomic E-state index is 11.0. The summed E-state index contributed by atoms with van der Waals surface area (Å²) in [5, 5.41) is 77.2. The Hall–Kier alpha value is -0.970. The first-order valence-corrected chi connectivity index (χ1v) is 8.10. The van der Waals surface area contributed by atoms with Crippen molar-refractivity contribution in [2.45, 2.75) is 54.8 Å². The van der Waals surface area contributed by atoms with Crippen LogP contribution in [0, 0.1) is 0 Å². The molecule has 9 atom stereocenters. The predicted molar refractivity (Wildman–Crippen MR) is 79.6 cm³/mol. The summed E-state index contributed by atoms with van der Waals surface area (Å²) >= 11 is 0. The van der Waals surface area contributed by atoms with Crippen molar-refractivity contribution in [3.05, 3.63) is 0 Å². The van der Waals surface area contributed by atoms with E-state index in [0.717, 1.165) is 0 Å². The normalized spacial score (nSPS) is 45.0. The smallest absolute Gasteiger partial charge is 0.331 e. The van der Waals surface area contributed by atoms with E-state index in [1.54, 1.807) is 0 Å². The second-order valence-electron chi connectivity index (χ2n) is 6.22. The third-order valence-corrected chi connectivity index (χ3v) is 4.43. The Morgan fingerprint density at radius 1 is 0.926 bits per heavy atom. The van der Waals surface area contributed by atoms with Gasteiger partial charge in [0.15, 0.2) is 6.29 Å². The summed E-state index contributed by atoms with van der Waals surface area (Å²) in [6.07, 6.45) is -13.3. The molecule has 2 aliphatic rings. The summed E-state index contributed by atoms with van der Waals surface area (Å²) in [5.41, 5.74) is 0. The molecule has 2 heterocycles. The molecule has 0 spiro atoms. The van der Waals surface area contributed by atoms with E-state index in [9.17, 15) is 35.4 Å². The molecule has 0 aromatic heterocycles. The first-order chi connectivity index (χ1) is 12.7. The van der Waals surface area contributed by atoms with Crippen LogP contribution in [0.5, 0.6) is 0 Å². The van der Waals surface area contributed by atoms with E-state index in [4.69, 9.17) is 24.4 Å². The van der Waals surface area contributed by atoms with Crippen molar-refractivity contribution in [1.29, 1.82) is 0 Å². The van der Waals surface area contributed by atoms with Gasteiger partial charge in [0.05, 0.1) is 6.61 Å². The highest BCUT2D eigenvalue weighted by Crippen LogP contribution is 2.35. The van der Waals surface area contributed by atoms with E-state index >= 15 is 0 Å². The first kappa shape index (κ1) is 22.3. The second kappa shape index (κ2) is 9.02. The van der Waals surface area contributed by atoms with Crippen molar-refractivity contribution in [2.75, 3.05) is 26.4 Å². The van der Waals surface area contributed by atoms with Gasteiger partial charge in [-0.3, -0.25) is 0 Å². The summed E-state index contributed by atoms with van der Waals surface area (Å²) in [6.45, 7) is -3.26. The number of carbonyl (C=O) groups excluding carboxylic acids is 1. The molecule has 0 unspecified atom stereocenters. The molecule has 0 aromatic carbocycles. The minimum atomic E-state index is -2.30. The number of esters is 1. The molecule has 27 heavy (non-hydrogen) atoms. The fraction of sp³-hybridized carbons (Fsp3) is 0.929.